The summed E-state index contributed by atoms with van der Waals surface area (Å²) in [7, 11) is 0. The third kappa shape index (κ3) is 4.29. The monoisotopic (exact) mass is 431 g/mol. The number of nitrogens with one attached hydrogen (secondary N) is 1. The van der Waals surface area contributed by atoms with E-state index in [0.29, 0.717) is 16.7 Å². The standard InChI is InChI=1S/C24H21N3O5/c1-3-15(2)31-22-10-8-16-6-4-5-7-19(16)20(22)14-25-26-24(28)23-13-17-12-18(27(29)30)9-11-21(17)32-23/h4-15H,3H2,1-2H3,(H,26,28)/b25-14+. The predicted octanol–water partition coefficient (Wildman–Crippen LogP) is 5.44. The molecule has 0 radical (unpaired) electrons. The van der Waals surface area contributed by atoms with Crippen LogP contribution in [0.3, 0.4) is 0 Å². The Morgan fingerprint density at radius 3 is 2.78 bits per heavy atom. The number of amides is 1. The van der Waals surface area contributed by atoms with Gasteiger partial charge >= 0.3 is 5.91 Å². The molecule has 8 nitrogen and oxygen atoms in total. The van der Waals surface area contributed by atoms with E-state index in [1.807, 2.05) is 50.2 Å². The third-order valence-corrected chi connectivity index (χ3v) is 5.13. The molecule has 0 bridgehead atoms. The minimum atomic E-state index is -0.565. The Morgan fingerprint density at radius 2 is 2.00 bits per heavy atom. The highest BCUT2D eigenvalue weighted by Crippen LogP contribution is 2.28. The summed E-state index contributed by atoms with van der Waals surface area (Å²) in [4.78, 5) is 22.9. The highest BCUT2D eigenvalue weighted by molar-refractivity contribution is 6.03. The van der Waals surface area contributed by atoms with Crippen LogP contribution in [-0.4, -0.2) is 23.1 Å². The molecule has 0 fully saturated rings. The molecular formula is C24H21N3O5. The summed E-state index contributed by atoms with van der Waals surface area (Å²) in [5.41, 5.74) is 3.51. The van der Waals surface area contributed by atoms with Gasteiger partial charge in [-0.1, -0.05) is 37.3 Å². The predicted molar refractivity (Wildman–Crippen MR) is 122 cm³/mol. The number of rotatable bonds is 7. The second-order valence-corrected chi connectivity index (χ2v) is 7.32. The number of ether oxygens (including phenoxy) is 1. The number of hydrogen-bond acceptors (Lipinski definition) is 6. The fourth-order valence-corrected chi connectivity index (χ4v) is 3.28. The summed E-state index contributed by atoms with van der Waals surface area (Å²) in [5.74, 6) is 0.114. The lowest BCUT2D eigenvalue weighted by Gasteiger charge is -2.16. The van der Waals surface area contributed by atoms with Crippen molar-refractivity contribution in [3.63, 3.8) is 0 Å². The molecule has 4 rings (SSSR count). The molecule has 0 saturated heterocycles. The van der Waals surface area contributed by atoms with Gasteiger partial charge in [0, 0.05) is 23.1 Å². The van der Waals surface area contributed by atoms with Crippen molar-refractivity contribution in [2.75, 3.05) is 0 Å². The Hall–Kier alpha value is -4.20. The molecule has 162 valence electrons. The van der Waals surface area contributed by atoms with E-state index in [4.69, 9.17) is 9.15 Å². The first kappa shape index (κ1) is 21.0. The van der Waals surface area contributed by atoms with Crippen molar-refractivity contribution in [3.8, 4) is 5.75 Å². The maximum atomic E-state index is 12.5. The van der Waals surface area contributed by atoms with Crippen molar-refractivity contribution in [2.24, 2.45) is 5.10 Å². The zero-order valence-electron chi connectivity index (χ0n) is 17.6. The van der Waals surface area contributed by atoms with Crippen molar-refractivity contribution in [1.29, 1.82) is 0 Å². The van der Waals surface area contributed by atoms with Gasteiger partial charge in [-0.25, -0.2) is 5.43 Å². The Bertz CT molecular complexity index is 1340. The van der Waals surface area contributed by atoms with Crippen molar-refractivity contribution in [3.05, 3.63) is 82.1 Å². The van der Waals surface area contributed by atoms with E-state index in [0.717, 1.165) is 22.8 Å². The van der Waals surface area contributed by atoms with Crippen LogP contribution < -0.4 is 10.2 Å². The molecule has 0 aliphatic rings. The van der Waals surface area contributed by atoms with Crippen LogP contribution in [0, 0.1) is 10.1 Å². The number of fused-ring (bicyclic) bond motifs is 2. The van der Waals surface area contributed by atoms with Gasteiger partial charge in [0.1, 0.15) is 11.3 Å². The van der Waals surface area contributed by atoms with Gasteiger partial charge in [0.2, 0.25) is 0 Å². The van der Waals surface area contributed by atoms with Gasteiger partial charge in [-0.3, -0.25) is 14.9 Å². The number of hydrazone groups is 1. The lowest BCUT2D eigenvalue weighted by atomic mass is 10.0. The number of benzene rings is 3. The summed E-state index contributed by atoms with van der Waals surface area (Å²) in [6.45, 7) is 4.03. The van der Waals surface area contributed by atoms with Gasteiger partial charge in [0.25, 0.3) is 5.69 Å². The molecule has 3 aromatic carbocycles. The fourth-order valence-electron chi connectivity index (χ4n) is 3.28. The lowest BCUT2D eigenvalue weighted by Crippen LogP contribution is -2.17. The quantitative estimate of drug-likeness (QED) is 0.238. The summed E-state index contributed by atoms with van der Waals surface area (Å²) in [6.07, 6.45) is 2.42. The van der Waals surface area contributed by atoms with Crippen molar-refractivity contribution < 1.29 is 18.9 Å². The Labute approximate surface area is 183 Å². The maximum absolute atomic E-state index is 12.5. The number of nitrogens with zero attached hydrogens (tertiary/aromatic N) is 2. The molecule has 1 atom stereocenters. The van der Waals surface area contributed by atoms with E-state index in [1.54, 1.807) is 6.21 Å². The van der Waals surface area contributed by atoms with Gasteiger partial charge in [-0.15, -0.1) is 0 Å². The number of carbonyl (C=O) groups excluding carboxylic acids is 1. The molecule has 32 heavy (non-hydrogen) atoms. The van der Waals surface area contributed by atoms with Crippen molar-refractivity contribution >= 4 is 39.6 Å². The molecule has 4 aromatic rings. The van der Waals surface area contributed by atoms with E-state index in [2.05, 4.69) is 10.5 Å². The van der Waals surface area contributed by atoms with Gasteiger partial charge in [-0.05, 0) is 42.3 Å². The van der Waals surface area contributed by atoms with E-state index < -0.39 is 10.8 Å². The zero-order valence-corrected chi connectivity index (χ0v) is 17.6. The average Bonchev–Trinajstić information content (AvgIpc) is 3.23. The van der Waals surface area contributed by atoms with Crippen LogP contribution in [0.25, 0.3) is 21.7 Å². The SMILES string of the molecule is CCC(C)Oc1ccc2ccccc2c1/C=N/NC(=O)c1cc2cc([N+](=O)[O-])ccc2o1. The molecule has 8 heteroatoms. The van der Waals surface area contributed by atoms with Crippen molar-refractivity contribution in [1.82, 2.24) is 5.43 Å². The van der Waals surface area contributed by atoms with Crippen LogP contribution in [-0.2, 0) is 0 Å². The summed E-state index contributed by atoms with van der Waals surface area (Å²) in [5, 5.41) is 17.5. The van der Waals surface area contributed by atoms with Gasteiger partial charge in [-0.2, -0.15) is 5.10 Å². The molecule has 0 aliphatic heterocycles. The van der Waals surface area contributed by atoms with Crippen molar-refractivity contribution in [2.45, 2.75) is 26.4 Å². The first-order valence-corrected chi connectivity index (χ1v) is 10.2. The highest BCUT2D eigenvalue weighted by atomic mass is 16.6. The number of nitro groups is 1. The van der Waals surface area contributed by atoms with Gasteiger partial charge < -0.3 is 9.15 Å². The highest BCUT2D eigenvalue weighted by Gasteiger charge is 2.15. The molecule has 0 saturated carbocycles. The van der Waals surface area contributed by atoms with Crippen LogP contribution in [0.2, 0.25) is 0 Å². The first-order chi connectivity index (χ1) is 15.5. The van der Waals surface area contributed by atoms with Crippen LogP contribution >= 0.6 is 0 Å². The zero-order chi connectivity index (χ0) is 22.7. The number of hydrogen-bond donors (Lipinski definition) is 1. The summed E-state index contributed by atoms with van der Waals surface area (Å²) >= 11 is 0. The van der Waals surface area contributed by atoms with E-state index in [9.17, 15) is 14.9 Å². The smallest absolute Gasteiger partial charge is 0.307 e. The maximum Gasteiger partial charge on any atom is 0.307 e. The van der Waals surface area contributed by atoms with Gasteiger partial charge in [0.05, 0.1) is 17.2 Å². The lowest BCUT2D eigenvalue weighted by molar-refractivity contribution is -0.384. The van der Waals surface area contributed by atoms with Crippen LogP contribution in [0.1, 0.15) is 36.4 Å². The van der Waals surface area contributed by atoms with E-state index in [-0.39, 0.29) is 17.6 Å². The number of non-ortho nitro benzene ring substituents is 1. The minimum Gasteiger partial charge on any atom is -0.490 e. The largest absolute Gasteiger partial charge is 0.490 e. The molecule has 1 unspecified atom stereocenters. The second kappa shape index (κ2) is 8.89. The number of carbonyl (C=O) groups is 1. The second-order valence-electron chi connectivity index (χ2n) is 7.32. The van der Waals surface area contributed by atoms with Crippen LogP contribution in [0.15, 0.2) is 70.2 Å². The van der Waals surface area contributed by atoms with E-state index in [1.165, 1.54) is 24.3 Å². The molecule has 1 N–H and O–H groups in total. The topological polar surface area (TPSA) is 107 Å². The Morgan fingerprint density at radius 1 is 1.19 bits per heavy atom. The molecule has 1 aromatic heterocycles. The minimum absolute atomic E-state index is 0.00615. The fraction of sp³-hybridized carbons (Fsp3) is 0.167. The Balaban J connectivity index is 1.59. The van der Waals surface area contributed by atoms with Crippen LogP contribution in [0.4, 0.5) is 5.69 Å². The van der Waals surface area contributed by atoms with Crippen LogP contribution in [0.5, 0.6) is 5.75 Å². The third-order valence-electron chi connectivity index (χ3n) is 5.13. The Kier molecular flexibility index (Phi) is 5.85. The molecule has 0 aliphatic carbocycles. The first-order valence-electron chi connectivity index (χ1n) is 10.2. The summed E-state index contributed by atoms with van der Waals surface area (Å²) in [6, 6.07) is 17.3. The summed E-state index contributed by atoms with van der Waals surface area (Å²) < 4.78 is 11.5. The molecule has 0 spiro atoms. The normalized spacial score (nSPS) is 12.3. The molecule has 1 heterocycles. The van der Waals surface area contributed by atoms with E-state index >= 15 is 0 Å². The average molecular weight is 431 g/mol. The number of furan rings is 1. The molecular weight excluding hydrogens is 410 g/mol. The van der Waals surface area contributed by atoms with Gasteiger partial charge in [0.15, 0.2) is 5.76 Å². The number of nitro benzene ring substituents is 1. The molecule has 1 amide bonds.